The van der Waals surface area contributed by atoms with Gasteiger partial charge in [0.25, 0.3) is 0 Å². The molecule has 78 valence electrons. The van der Waals surface area contributed by atoms with Gasteiger partial charge in [0.1, 0.15) is 0 Å². The van der Waals surface area contributed by atoms with Gasteiger partial charge in [0.15, 0.2) is 5.82 Å². The molecule has 1 fully saturated rings. The van der Waals surface area contributed by atoms with Crippen molar-refractivity contribution >= 4 is 0 Å². The third kappa shape index (κ3) is 1.92. The molecule has 2 atom stereocenters. The van der Waals surface area contributed by atoms with E-state index in [2.05, 4.69) is 20.7 Å². The number of aromatic nitrogens is 4. The van der Waals surface area contributed by atoms with E-state index in [4.69, 9.17) is 0 Å². The summed E-state index contributed by atoms with van der Waals surface area (Å²) < 4.78 is 0. The molecular weight excluding hydrogens is 178 g/mol. The average Bonchev–Trinajstić information content (AvgIpc) is 2.55. The summed E-state index contributed by atoms with van der Waals surface area (Å²) in [4.78, 5) is 1.53. The van der Waals surface area contributed by atoms with Gasteiger partial charge in [-0.15, -0.1) is 10.2 Å². The highest BCUT2D eigenvalue weighted by molar-refractivity contribution is 4.90. The van der Waals surface area contributed by atoms with Crippen LogP contribution in [0.25, 0.3) is 0 Å². The summed E-state index contributed by atoms with van der Waals surface area (Å²) >= 11 is 0. The fraction of sp³-hybridized carbons (Fsp3) is 0.889. The summed E-state index contributed by atoms with van der Waals surface area (Å²) in [5, 5.41) is 15.3. The fourth-order valence-corrected chi connectivity index (χ4v) is 2.08. The molecule has 0 spiro atoms. The predicted octanol–water partition coefficient (Wildman–Crippen LogP) is -0.00180. The Morgan fingerprint density at radius 2 is 2.21 bits per heavy atom. The van der Waals surface area contributed by atoms with Gasteiger partial charge in [-0.3, -0.25) is 0 Å². The molecule has 0 amide bonds. The SMILES string of the molecule is CNCC1CCC1Cc1nnn(C)n1. The molecule has 1 heterocycles. The van der Waals surface area contributed by atoms with Crippen LogP contribution in [0.15, 0.2) is 0 Å². The van der Waals surface area contributed by atoms with Gasteiger partial charge in [-0.1, -0.05) is 0 Å². The van der Waals surface area contributed by atoms with Crippen LogP contribution in [-0.2, 0) is 13.5 Å². The predicted molar refractivity (Wildman–Crippen MR) is 52.6 cm³/mol. The lowest BCUT2D eigenvalue weighted by Gasteiger charge is -2.35. The molecule has 1 aliphatic carbocycles. The van der Waals surface area contributed by atoms with Crippen LogP contribution in [-0.4, -0.2) is 33.8 Å². The quantitative estimate of drug-likeness (QED) is 0.734. The van der Waals surface area contributed by atoms with Gasteiger partial charge in [0.2, 0.25) is 0 Å². The number of aryl methyl sites for hydroxylation is 1. The van der Waals surface area contributed by atoms with E-state index in [1.165, 1.54) is 17.6 Å². The summed E-state index contributed by atoms with van der Waals surface area (Å²) in [5.41, 5.74) is 0. The molecule has 0 aromatic carbocycles. The van der Waals surface area contributed by atoms with E-state index >= 15 is 0 Å². The number of rotatable bonds is 4. The Morgan fingerprint density at radius 3 is 2.71 bits per heavy atom. The second-order valence-corrected chi connectivity index (χ2v) is 4.05. The van der Waals surface area contributed by atoms with E-state index in [9.17, 15) is 0 Å². The van der Waals surface area contributed by atoms with E-state index in [-0.39, 0.29) is 0 Å². The Labute approximate surface area is 83.9 Å². The van der Waals surface area contributed by atoms with Crippen LogP contribution in [0.2, 0.25) is 0 Å². The van der Waals surface area contributed by atoms with E-state index in [1.807, 2.05) is 14.1 Å². The van der Waals surface area contributed by atoms with E-state index in [0.717, 1.165) is 30.6 Å². The number of nitrogens with zero attached hydrogens (tertiary/aromatic N) is 4. The van der Waals surface area contributed by atoms with Crippen molar-refractivity contribution < 1.29 is 0 Å². The van der Waals surface area contributed by atoms with Crippen molar-refractivity contribution in [2.45, 2.75) is 19.3 Å². The summed E-state index contributed by atoms with van der Waals surface area (Å²) in [6.07, 6.45) is 3.64. The second-order valence-electron chi connectivity index (χ2n) is 4.05. The van der Waals surface area contributed by atoms with E-state index in [1.54, 1.807) is 0 Å². The maximum Gasteiger partial charge on any atom is 0.175 e. The topological polar surface area (TPSA) is 55.6 Å². The van der Waals surface area contributed by atoms with Crippen molar-refractivity contribution in [1.82, 2.24) is 25.5 Å². The first-order chi connectivity index (χ1) is 6.79. The number of nitrogens with one attached hydrogen (secondary N) is 1. The zero-order valence-electron chi connectivity index (χ0n) is 8.77. The smallest absolute Gasteiger partial charge is 0.175 e. The monoisotopic (exact) mass is 195 g/mol. The first-order valence-electron chi connectivity index (χ1n) is 5.17. The fourth-order valence-electron chi connectivity index (χ4n) is 2.08. The Balaban J connectivity index is 1.86. The van der Waals surface area contributed by atoms with Crippen molar-refractivity contribution in [1.29, 1.82) is 0 Å². The third-order valence-electron chi connectivity index (χ3n) is 3.04. The molecule has 1 saturated carbocycles. The maximum atomic E-state index is 4.20. The van der Waals surface area contributed by atoms with E-state index < -0.39 is 0 Å². The van der Waals surface area contributed by atoms with Gasteiger partial charge in [0.05, 0.1) is 7.05 Å². The lowest BCUT2D eigenvalue weighted by Crippen LogP contribution is -2.35. The van der Waals surface area contributed by atoms with Gasteiger partial charge in [-0.05, 0) is 43.5 Å². The molecule has 1 aromatic heterocycles. The molecule has 14 heavy (non-hydrogen) atoms. The molecule has 5 nitrogen and oxygen atoms in total. The average molecular weight is 195 g/mol. The van der Waals surface area contributed by atoms with Crippen LogP contribution in [0.3, 0.4) is 0 Å². The minimum Gasteiger partial charge on any atom is -0.319 e. The van der Waals surface area contributed by atoms with Gasteiger partial charge in [-0.2, -0.15) is 4.80 Å². The standard InChI is InChI=1S/C9H17N5/c1-10-6-8-4-3-7(8)5-9-11-13-14(2)12-9/h7-8,10H,3-6H2,1-2H3. The van der Waals surface area contributed by atoms with Gasteiger partial charge in [0, 0.05) is 6.42 Å². The molecule has 0 saturated heterocycles. The van der Waals surface area contributed by atoms with Gasteiger partial charge >= 0.3 is 0 Å². The molecule has 1 aliphatic rings. The van der Waals surface area contributed by atoms with E-state index in [0.29, 0.717) is 0 Å². The minimum absolute atomic E-state index is 0.756. The van der Waals surface area contributed by atoms with Crippen molar-refractivity contribution in [3.63, 3.8) is 0 Å². The van der Waals surface area contributed by atoms with Crippen molar-refractivity contribution in [2.24, 2.45) is 18.9 Å². The summed E-state index contributed by atoms with van der Waals surface area (Å²) in [6.45, 7) is 1.12. The Bertz CT molecular complexity index is 295. The highest BCUT2D eigenvalue weighted by Gasteiger charge is 2.31. The molecule has 1 N–H and O–H groups in total. The zero-order valence-corrected chi connectivity index (χ0v) is 8.77. The molecule has 0 bridgehead atoms. The van der Waals surface area contributed by atoms with Crippen LogP contribution in [0.5, 0.6) is 0 Å². The Morgan fingerprint density at radius 1 is 1.43 bits per heavy atom. The lowest BCUT2D eigenvalue weighted by atomic mass is 9.72. The van der Waals surface area contributed by atoms with Crippen LogP contribution in [0.1, 0.15) is 18.7 Å². The van der Waals surface area contributed by atoms with Gasteiger partial charge in [-0.25, -0.2) is 0 Å². The van der Waals surface area contributed by atoms with Crippen molar-refractivity contribution in [3.05, 3.63) is 5.82 Å². The lowest BCUT2D eigenvalue weighted by molar-refractivity contribution is 0.171. The minimum atomic E-state index is 0.756. The first kappa shape index (κ1) is 9.58. The normalized spacial score (nSPS) is 26.1. The molecule has 0 aliphatic heterocycles. The van der Waals surface area contributed by atoms with Crippen LogP contribution < -0.4 is 5.32 Å². The number of tetrazole rings is 1. The highest BCUT2D eigenvalue weighted by atomic mass is 15.6. The summed E-state index contributed by atoms with van der Waals surface area (Å²) in [7, 11) is 3.82. The maximum absolute atomic E-state index is 4.20. The molecule has 1 aromatic rings. The van der Waals surface area contributed by atoms with Crippen LogP contribution >= 0.6 is 0 Å². The Hall–Kier alpha value is -0.970. The van der Waals surface area contributed by atoms with Crippen LogP contribution in [0, 0.1) is 11.8 Å². The largest absolute Gasteiger partial charge is 0.319 e. The molecule has 5 heteroatoms. The van der Waals surface area contributed by atoms with Crippen LogP contribution in [0.4, 0.5) is 0 Å². The van der Waals surface area contributed by atoms with Crippen molar-refractivity contribution in [2.75, 3.05) is 13.6 Å². The zero-order chi connectivity index (χ0) is 9.97. The number of hydrogen-bond acceptors (Lipinski definition) is 4. The third-order valence-corrected chi connectivity index (χ3v) is 3.04. The molecule has 2 rings (SSSR count). The summed E-state index contributed by atoms with van der Waals surface area (Å²) in [5.74, 6) is 2.45. The van der Waals surface area contributed by atoms with Crippen molar-refractivity contribution in [3.8, 4) is 0 Å². The molecule has 0 radical (unpaired) electrons. The second kappa shape index (κ2) is 4.04. The summed E-state index contributed by atoms with van der Waals surface area (Å²) in [6, 6.07) is 0. The number of hydrogen-bond donors (Lipinski definition) is 1. The molecular formula is C9H17N5. The Kier molecular flexibility index (Phi) is 2.77. The highest BCUT2D eigenvalue weighted by Crippen LogP contribution is 2.35. The molecule has 2 unspecified atom stereocenters. The first-order valence-corrected chi connectivity index (χ1v) is 5.17. The van der Waals surface area contributed by atoms with Gasteiger partial charge < -0.3 is 5.32 Å².